The molecule has 1 aromatic rings. The van der Waals surface area contributed by atoms with Crippen molar-refractivity contribution in [2.24, 2.45) is 5.92 Å². The number of piperidine rings is 1. The van der Waals surface area contributed by atoms with E-state index < -0.39 is 6.61 Å². The largest absolute Gasteiger partial charge is 0.493 e. The van der Waals surface area contributed by atoms with E-state index in [1.807, 2.05) is 13.8 Å². The fourth-order valence-electron chi connectivity index (χ4n) is 3.57. The molecule has 0 aromatic heterocycles. The number of halogens is 2. The Balaban J connectivity index is 1.80. The lowest BCUT2D eigenvalue weighted by molar-refractivity contribution is -0.126. The van der Waals surface area contributed by atoms with E-state index in [4.69, 9.17) is 4.74 Å². The Labute approximate surface area is 176 Å². The minimum Gasteiger partial charge on any atom is -0.493 e. The van der Waals surface area contributed by atoms with Crippen LogP contribution in [0.1, 0.15) is 32.3 Å². The summed E-state index contributed by atoms with van der Waals surface area (Å²) < 4.78 is 34.6. The van der Waals surface area contributed by atoms with E-state index in [9.17, 15) is 18.4 Å². The first-order valence-electron chi connectivity index (χ1n) is 10.3. The Kier molecular flexibility index (Phi) is 9.14. The molecule has 7 nitrogen and oxygen atoms in total. The predicted molar refractivity (Wildman–Crippen MR) is 109 cm³/mol. The van der Waals surface area contributed by atoms with Crippen molar-refractivity contribution in [2.45, 2.75) is 39.7 Å². The molecule has 0 spiro atoms. The molecule has 1 heterocycles. The second-order valence-electron chi connectivity index (χ2n) is 7.12. The lowest BCUT2D eigenvalue weighted by atomic mass is 9.96. The zero-order valence-electron chi connectivity index (χ0n) is 17.8. The molecule has 0 bridgehead atoms. The van der Waals surface area contributed by atoms with Gasteiger partial charge in [0.25, 0.3) is 0 Å². The number of amides is 3. The molecule has 0 aliphatic carbocycles. The van der Waals surface area contributed by atoms with Crippen LogP contribution in [0.2, 0.25) is 0 Å². The van der Waals surface area contributed by atoms with Gasteiger partial charge in [0.1, 0.15) is 0 Å². The molecule has 1 saturated heterocycles. The number of alkyl halides is 2. The summed E-state index contributed by atoms with van der Waals surface area (Å²) in [6.07, 6.45) is 1.75. The van der Waals surface area contributed by atoms with Crippen LogP contribution in [0.5, 0.6) is 11.5 Å². The van der Waals surface area contributed by atoms with Crippen LogP contribution in [0.3, 0.4) is 0 Å². The van der Waals surface area contributed by atoms with Gasteiger partial charge in [0.15, 0.2) is 11.5 Å². The van der Waals surface area contributed by atoms with Crippen LogP contribution in [-0.2, 0) is 11.2 Å². The normalized spacial score (nSPS) is 14.5. The monoisotopic (exact) mass is 427 g/mol. The van der Waals surface area contributed by atoms with Gasteiger partial charge in [-0.25, -0.2) is 4.79 Å². The van der Waals surface area contributed by atoms with Crippen molar-refractivity contribution in [3.63, 3.8) is 0 Å². The second-order valence-corrected chi connectivity index (χ2v) is 7.12. The number of urea groups is 1. The predicted octanol–water partition coefficient (Wildman–Crippen LogP) is 3.13. The van der Waals surface area contributed by atoms with Crippen molar-refractivity contribution in [3.8, 4) is 11.5 Å². The molecule has 1 N–H and O–H groups in total. The molecule has 1 fully saturated rings. The highest BCUT2D eigenvalue weighted by atomic mass is 19.3. The van der Waals surface area contributed by atoms with E-state index in [1.54, 1.807) is 21.9 Å². The van der Waals surface area contributed by atoms with Gasteiger partial charge in [0.05, 0.1) is 7.11 Å². The number of likely N-dealkylation sites (tertiary alicyclic amines) is 1. The fourth-order valence-corrected chi connectivity index (χ4v) is 3.57. The van der Waals surface area contributed by atoms with Crippen molar-refractivity contribution in [3.05, 3.63) is 23.8 Å². The average molecular weight is 427 g/mol. The zero-order chi connectivity index (χ0) is 22.1. The van der Waals surface area contributed by atoms with Gasteiger partial charge < -0.3 is 24.6 Å². The van der Waals surface area contributed by atoms with Crippen LogP contribution >= 0.6 is 0 Å². The van der Waals surface area contributed by atoms with Crippen LogP contribution in [0.4, 0.5) is 13.6 Å². The van der Waals surface area contributed by atoms with Gasteiger partial charge in [-0.1, -0.05) is 6.07 Å². The highest BCUT2D eigenvalue weighted by molar-refractivity contribution is 5.79. The summed E-state index contributed by atoms with van der Waals surface area (Å²) in [5.41, 5.74) is 0.756. The molecule has 1 aromatic carbocycles. The van der Waals surface area contributed by atoms with Crippen molar-refractivity contribution in [2.75, 3.05) is 39.8 Å². The Morgan fingerprint density at radius 3 is 2.43 bits per heavy atom. The minimum absolute atomic E-state index is 0.0263. The van der Waals surface area contributed by atoms with Gasteiger partial charge >= 0.3 is 12.6 Å². The molecule has 0 atom stereocenters. The molecule has 3 amide bonds. The van der Waals surface area contributed by atoms with E-state index in [0.29, 0.717) is 52.0 Å². The van der Waals surface area contributed by atoms with Crippen LogP contribution in [-0.4, -0.2) is 68.2 Å². The van der Waals surface area contributed by atoms with E-state index in [1.165, 1.54) is 13.2 Å². The number of rotatable bonds is 9. The molecule has 0 unspecified atom stereocenters. The minimum atomic E-state index is -2.94. The number of hydrogen-bond donors (Lipinski definition) is 1. The van der Waals surface area contributed by atoms with Crippen molar-refractivity contribution < 1.29 is 27.8 Å². The first kappa shape index (κ1) is 23.7. The van der Waals surface area contributed by atoms with Crippen molar-refractivity contribution in [1.29, 1.82) is 0 Å². The third-order valence-corrected chi connectivity index (χ3v) is 5.33. The number of carbonyl (C=O) groups excluding carboxylic acids is 2. The molecule has 1 aliphatic rings. The van der Waals surface area contributed by atoms with Crippen molar-refractivity contribution in [1.82, 2.24) is 15.1 Å². The Morgan fingerprint density at radius 1 is 1.20 bits per heavy atom. The number of nitrogens with one attached hydrogen (secondary N) is 1. The van der Waals surface area contributed by atoms with E-state index in [2.05, 4.69) is 10.1 Å². The molecule has 30 heavy (non-hydrogen) atoms. The third-order valence-electron chi connectivity index (χ3n) is 5.33. The first-order chi connectivity index (χ1) is 14.4. The lowest BCUT2D eigenvalue weighted by Crippen LogP contribution is -2.48. The topological polar surface area (TPSA) is 71.1 Å². The molecule has 168 valence electrons. The van der Waals surface area contributed by atoms with Crippen LogP contribution < -0.4 is 14.8 Å². The fraction of sp³-hybridized carbons (Fsp3) is 0.619. The maximum atomic E-state index is 12.5. The van der Waals surface area contributed by atoms with E-state index >= 15 is 0 Å². The smallest absolute Gasteiger partial charge is 0.387 e. The quantitative estimate of drug-likeness (QED) is 0.657. The first-order valence-corrected chi connectivity index (χ1v) is 10.3. The number of hydrogen-bond acceptors (Lipinski definition) is 4. The van der Waals surface area contributed by atoms with Crippen LogP contribution in [0.25, 0.3) is 0 Å². The Hall–Kier alpha value is -2.58. The molecule has 1 aliphatic heterocycles. The van der Waals surface area contributed by atoms with Gasteiger partial charge in [-0.2, -0.15) is 8.78 Å². The van der Waals surface area contributed by atoms with Gasteiger partial charge in [-0.05, 0) is 50.8 Å². The number of nitrogens with zero attached hydrogens (tertiary/aromatic N) is 2. The SMILES string of the molecule is CCN(CC)C(=O)N1CCC(C(=O)NCCc2ccc(OC)c(OC(F)F)c2)CC1. The van der Waals surface area contributed by atoms with E-state index in [0.717, 1.165) is 5.56 Å². The number of benzene rings is 1. The highest BCUT2D eigenvalue weighted by Crippen LogP contribution is 2.29. The summed E-state index contributed by atoms with van der Waals surface area (Å²) in [7, 11) is 1.38. The van der Waals surface area contributed by atoms with Gasteiger partial charge in [-0.15, -0.1) is 0 Å². The van der Waals surface area contributed by atoms with Gasteiger partial charge in [0.2, 0.25) is 5.91 Å². The number of ether oxygens (including phenoxy) is 2. The average Bonchev–Trinajstić information content (AvgIpc) is 2.74. The summed E-state index contributed by atoms with van der Waals surface area (Å²) in [6.45, 7) is 3.84. The standard InChI is InChI=1S/C21H31F2N3O4/c1-4-25(5-2)21(28)26-12-9-16(10-13-26)19(27)24-11-8-15-6-7-17(29-3)18(14-15)30-20(22)23/h6-7,14,16,20H,4-5,8-13H2,1-3H3,(H,24,27). The summed E-state index contributed by atoms with van der Waals surface area (Å²) in [5, 5.41) is 2.91. The van der Waals surface area contributed by atoms with Gasteiger partial charge in [-0.3, -0.25) is 4.79 Å². The zero-order valence-corrected chi connectivity index (χ0v) is 17.8. The molecular formula is C21H31F2N3O4. The van der Waals surface area contributed by atoms with E-state index in [-0.39, 0.29) is 29.4 Å². The highest BCUT2D eigenvalue weighted by Gasteiger charge is 2.28. The second kappa shape index (κ2) is 11.6. The third kappa shape index (κ3) is 6.47. The summed E-state index contributed by atoms with van der Waals surface area (Å²) >= 11 is 0. The molecule has 9 heteroatoms. The molecular weight excluding hydrogens is 396 g/mol. The Morgan fingerprint density at radius 2 is 1.87 bits per heavy atom. The maximum Gasteiger partial charge on any atom is 0.387 e. The van der Waals surface area contributed by atoms with Crippen LogP contribution in [0, 0.1) is 5.92 Å². The molecule has 2 rings (SSSR count). The molecule has 0 radical (unpaired) electrons. The summed E-state index contributed by atoms with van der Waals surface area (Å²) in [6, 6.07) is 4.84. The number of carbonyl (C=O) groups is 2. The van der Waals surface area contributed by atoms with Crippen LogP contribution in [0.15, 0.2) is 18.2 Å². The van der Waals surface area contributed by atoms with Gasteiger partial charge in [0, 0.05) is 38.6 Å². The maximum absolute atomic E-state index is 12.5. The lowest BCUT2D eigenvalue weighted by Gasteiger charge is -2.34. The van der Waals surface area contributed by atoms with Crippen molar-refractivity contribution >= 4 is 11.9 Å². The summed E-state index contributed by atoms with van der Waals surface area (Å²) in [5.74, 6) is 0.0394. The molecule has 0 saturated carbocycles. The Bertz CT molecular complexity index is 705. The number of methoxy groups -OCH3 is 1. The summed E-state index contributed by atoms with van der Waals surface area (Å²) in [4.78, 5) is 28.4.